The summed E-state index contributed by atoms with van der Waals surface area (Å²) in [5, 5.41) is 24.5. The Kier molecular flexibility index (Phi) is 10.2. The van der Waals surface area contributed by atoms with Gasteiger partial charge in [0.25, 0.3) is 20.4 Å². The molecular weight excluding hydrogens is 1040 g/mol. The smallest absolute Gasteiger partial charge is 0.309 e. The quantitative estimate of drug-likeness (QED) is 0.201. The summed E-state index contributed by atoms with van der Waals surface area (Å²) in [5.74, 6) is -3.87. The third-order valence-corrected chi connectivity index (χ3v) is 17.8. The van der Waals surface area contributed by atoms with E-state index in [9.17, 15) is 77.7 Å². The first-order chi connectivity index (χ1) is 26.9. The molecule has 8 heterocycles. The van der Waals surface area contributed by atoms with Crippen LogP contribution in [-0.4, -0.2) is 70.1 Å². The van der Waals surface area contributed by atoms with E-state index in [4.69, 9.17) is 53.7 Å². The van der Waals surface area contributed by atoms with Crippen LogP contribution in [-0.2, 0) is 18.9 Å². The molecule has 6 fully saturated rings. The minimum Gasteiger partial charge on any atom is -0.370 e. The van der Waals surface area contributed by atoms with Crippen molar-refractivity contribution in [1.82, 2.24) is 0 Å². The van der Waals surface area contributed by atoms with Gasteiger partial charge in [0.1, 0.15) is 26.4 Å². The third kappa shape index (κ3) is 10.4. The van der Waals surface area contributed by atoms with Gasteiger partial charge < -0.3 is 18.9 Å². The van der Waals surface area contributed by atoms with E-state index >= 15 is 0 Å². The van der Waals surface area contributed by atoms with E-state index in [0.29, 0.717) is 12.2 Å². The molecule has 0 spiro atoms. The monoisotopic (exact) mass is 1060 g/mol. The van der Waals surface area contributed by atoms with Gasteiger partial charge in [0.2, 0.25) is 0 Å². The lowest BCUT2D eigenvalue weighted by Crippen LogP contribution is -2.45. The molecule has 6 saturated heterocycles. The van der Waals surface area contributed by atoms with E-state index in [1.165, 1.54) is 0 Å². The van der Waals surface area contributed by atoms with Crippen molar-refractivity contribution in [3.05, 3.63) is 22.0 Å². The van der Waals surface area contributed by atoms with E-state index in [2.05, 4.69) is 9.47 Å². The highest BCUT2D eigenvalue weighted by Crippen LogP contribution is 3.05. The SMILES string of the molecule is N#CC1CC2C=C(S(F)(F)(F)(F)F)C1O2.N#CC1CC2OC1C(Cl)C2S(F)(F)(F)(F)F.N#CC1CC2OC1C(S(F)(F)(F)(F)F)C2Cl.N#CC1CC2OC1C=C2S(F)(F)(F)(F)F. The Balaban J connectivity index is 0.000000156. The van der Waals surface area contributed by atoms with Crippen LogP contribution < -0.4 is 0 Å². The van der Waals surface area contributed by atoms with Crippen molar-refractivity contribution in [1.29, 1.82) is 21.0 Å². The van der Waals surface area contributed by atoms with Gasteiger partial charge in [-0.25, -0.2) is 0 Å². The zero-order valence-corrected chi connectivity index (χ0v) is 34.4. The molecule has 8 nitrogen and oxygen atoms in total. The fourth-order valence-corrected chi connectivity index (χ4v) is 15.0. The Morgan fingerprint density at radius 3 is 1.29 bits per heavy atom. The first-order valence-corrected chi connectivity index (χ1v) is 25.6. The van der Waals surface area contributed by atoms with Gasteiger partial charge in [0, 0.05) is 0 Å². The largest absolute Gasteiger partial charge is 0.370 e. The topological polar surface area (TPSA) is 132 Å². The number of nitriles is 4. The highest BCUT2D eigenvalue weighted by atomic mass is 35.5. The fourth-order valence-electron chi connectivity index (χ4n) is 8.21. The predicted octanol–water partition coefficient (Wildman–Crippen LogP) is 14.1. The molecule has 0 aromatic rings. The Bertz CT molecular complexity index is 2160. The maximum atomic E-state index is 12.7. The van der Waals surface area contributed by atoms with Crippen LogP contribution >= 0.6 is 64.1 Å². The molecule has 0 radical (unpaired) electrons. The summed E-state index contributed by atoms with van der Waals surface area (Å²) in [6.45, 7) is 0. The van der Waals surface area contributed by atoms with Crippen LogP contribution in [0.25, 0.3) is 0 Å². The van der Waals surface area contributed by atoms with Crippen LogP contribution in [0, 0.1) is 69.0 Å². The van der Waals surface area contributed by atoms with Gasteiger partial charge >= 0.3 is 20.4 Å². The van der Waals surface area contributed by atoms with Crippen molar-refractivity contribution in [2.75, 3.05) is 0 Å². The van der Waals surface area contributed by atoms with Crippen molar-refractivity contribution in [3.63, 3.8) is 0 Å². The molecule has 8 aliphatic rings. The zero-order valence-electron chi connectivity index (χ0n) is 29.6. The van der Waals surface area contributed by atoms with Crippen molar-refractivity contribution in [2.24, 2.45) is 23.7 Å². The number of alkyl halides is 2. The van der Waals surface area contributed by atoms with Crippen LogP contribution in [0.3, 0.4) is 0 Å². The highest BCUT2D eigenvalue weighted by molar-refractivity contribution is 8.49. The van der Waals surface area contributed by atoms with E-state index in [1.54, 1.807) is 24.3 Å². The molecule has 0 N–H and O–H groups in total. The molecule has 0 aliphatic carbocycles. The molecule has 8 rings (SSSR count). The summed E-state index contributed by atoms with van der Waals surface area (Å²) in [7, 11) is -38.6. The van der Waals surface area contributed by atoms with Crippen LogP contribution in [0.4, 0.5) is 77.7 Å². The number of ether oxygens (including phenoxy) is 4. The van der Waals surface area contributed by atoms with Crippen molar-refractivity contribution in [2.45, 2.75) is 95.8 Å². The maximum absolute atomic E-state index is 12.7. The average molecular weight is 1060 g/mol. The van der Waals surface area contributed by atoms with Crippen LogP contribution in [0.2, 0.25) is 0 Å². The van der Waals surface area contributed by atoms with Gasteiger partial charge in [-0.2, -0.15) is 21.0 Å². The van der Waals surface area contributed by atoms with E-state index in [0.717, 1.165) is 0 Å². The summed E-state index contributed by atoms with van der Waals surface area (Å²) < 4.78 is 269. The standard InChI is InChI=1S/2C7H7ClF5NOS.2C7H6F5NOS/c8-5-6-3(2-14)1-4(15-6)7(5)16(9,10,11,12)13;8-5-4-1-3(2-14)6(15-4)7(5)16(9,10,11,12)13;8-15(9,10,11,12)7-2-5-4(3-13)1-6(7)14-5;8-15(9,10,11,12)6-2-5-1-4(3-13)7(6)14-5/h2*3-7H,1H2;2,4-6H,1H2;2,4-5,7H,1H2. The van der Waals surface area contributed by atoms with Crippen LogP contribution in [0.1, 0.15) is 25.7 Å². The first-order valence-electron chi connectivity index (χ1n) is 16.8. The molecule has 16 atom stereocenters. The second-order valence-electron chi connectivity index (χ2n) is 15.3. The number of hydrogen-bond donors (Lipinski definition) is 0. The van der Waals surface area contributed by atoms with E-state index < -0.39 is 144 Å². The zero-order chi connectivity index (χ0) is 47.9. The lowest BCUT2D eigenvalue weighted by Gasteiger charge is -2.49. The van der Waals surface area contributed by atoms with Gasteiger partial charge in [-0.05, 0) is 37.8 Å². The average Bonchev–Trinajstić information content (AvgIpc) is 3.90. The normalized spacial score (nSPS) is 43.3. The number of rotatable bonds is 4. The number of hydrogen-bond acceptors (Lipinski definition) is 8. The van der Waals surface area contributed by atoms with Crippen LogP contribution in [0.5, 0.6) is 0 Å². The molecule has 0 aromatic carbocycles. The van der Waals surface area contributed by atoms with Gasteiger partial charge in [-0.1, -0.05) is 77.7 Å². The molecular formula is C28H26Cl2F20N4O4S4. The lowest BCUT2D eigenvalue weighted by atomic mass is 9.90. The molecule has 0 aromatic heterocycles. The minimum atomic E-state index is -9.72. The summed E-state index contributed by atoms with van der Waals surface area (Å²) in [6, 6.07) is 6.54. The summed E-state index contributed by atoms with van der Waals surface area (Å²) >= 11 is 10.7. The molecule has 0 saturated carbocycles. The Hall–Kier alpha value is -2.14. The highest BCUT2D eigenvalue weighted by Gasteiger charge is 2.81. The molecule has 62 heavy (non-hydrogen) atoms. The molecule has 360 valence electrons. The third-order valence-electron chi connectivity index (χ3n) is 10.6. The number of nitrogens with zero attached hydrogens (tertiary/aromatic N) is 4. The minimum absolute atomic E-state index is 0.0142. The Morgan fingerprint density at radius 1 is 0.468 bits per heavy atom. The predicted molar refractivity (Wildman–Crippen MR) is 185 cm³/mol. The maximum Gasteiger partial charge on any atom is 0.309 e. The van der Waals surface area contributed by atoms with Gasteiger partial charge in [0.05, 0.1) is 101 Å². The van der Waals surface area contributed by atoms with E-state index in [1.807, 2.05) is 0 Å². The molecule has 16 unspecified atom stereocenters. The van der Waals surface area contributed by atoms with Crippen molar-refractivity contribution >= 4 is 64.1 Å². The Labute approximate surface area is 346 Å². The molecule has 8 bridgehead atoms. The molecule has 34 heteroatoms. The number of fused-ring (bicyclic) bond motifs is 8. The summed E-state index contributed by atoms with van der Waals surface area (Å²) in [4.78, 5) is -3.80. The molecule has 8 aliphatic heterocycles. The fraction of sp³-hybridized carbons (Fsp3) is 0.714. The van der Waals surface area contributed by atoms with Gasteiger partial charge in [-0.15, -0.1) is 23.2 Å². The summed E-state index contributed by atoms with van der Waals surface area (Å²) in [5.41, 5.74) is 0. The lowest BCUT2D eigenvalue weighted by molar-refractivity contribution is 0.0962. The Morgan fingerprint density at radius 2 is 0.919 bits per heavy atom. The summed E-state index contributed by atoms with van der Waals surface area (Å²) in [6.07, 6.45) is -11.3. The number of halogens is 22. The van der Waals surface area contributed by atoms with Crippen LogP contribution in [0.15, 0.2) is 22.0 Å². The second-order valence-corrected chi connectivity index (χ2v) is 26.3. The van der Waals surface area contributed by atoms with Gasteiger partial charge in [0.15, 0.2) is 0 Å². The first kappa shape index (κ1) is 50.9. The molecule has 0 amide bonds. The van der Waals surface area contributed by atoms with E-state index in [-0.39, 0.29) is 25.7 Å². The second kappa shape index (κ2) is 12.4. The van der Waals surface area contributed by atoms with Crippen molar-refractivity contribution < 1.29 is 96.7 Å². The van der Waals surface area contributed by atoms with Crippen molar-refractivity contribution in [3.8, 4) is 24.3 Å². The van der Waals surface area contributed by atoms with Gasteiger partial charge in [-0.3, -0.25) is 0 Å².